The molecule has 1 atom stereocenters. The SMILES string of the molecule is CNC(=O)c1cccc(-c2ccc(C(O)CCCc3c[nH]cn3)cc2)c1. The lowest BCUT2D eigenvalue weighted by Crippen LogP contribution is -2.17. The Bertz CT molecular complexity index is 842. The number of carbonyl (C=O) groups is 1. The van der Waals surface area contributed by atoms with Crippen LogP contribution in [0.4, 0.5) is 0 Å². The normalized spacial score (nSPS) is 11.9. The summed E-state index contributed by atoms with van der Waals surface area (Å²) < 4.78 is 0. The molecule has 3 N–H and O–H groups in total. The first kappa shape index (κ1) is 17.9. The van der Waals surface area contributed by atoms with E-state index in [2.05, 4.69) is 15.3 Å². The number of aromatic nitrogens is 2. The minimum atomic E-state index is -0.486. The highest BCUT2D eigenvalue weighted by molar-refractivity contribution is 5.95. The highest BCUT2D eigenvalue weighted by Crippen LogP contribution is 2.25. The Morgan fingerprint density at radius 1 is 1.19 bits per heavy atom. The van der Waals surface area contributed by atoms with Gasteiger partial charge in [0.05, 0.1) is 18.1 Å². The standard InChI is InChI=1S/C21H23N3O2/c1-22-21(26)18-5-2-4-17(12-18)15-8-10-16(11-9-15)20(25)7-3-6-19-13-23-14-24-19/h2,4-5,8-14,20,25H,3,6-7H2,1H3,(H,22,26)(H,23,24). The molecule has 3 aromatic rings. The van der Waals surface area contributed by atoms with Gasteiger partial charge in [0.25, 0.3) is 5.91 Å². The minimum absolute atomic E-state index is 0.101. The molecule has 0 aliphatic heterocycles. The summed E-state index contributed by atoms with van der Waals surface area (Å²) in [5.41, 5.74) is 4.54. The summed E-state index contributed by atoms with van der Waals surface area (Å²) >= 11 is 0. The molecular formula is C21H23N3O2. The quantitative estimate of drug-likeness (QED) is 0.611. The van der Waals surface area contributed by atoms with E-state index in [-0.39, 0.29) is 5.91 Å². The molecular weight excluding hydrogens is 326 g/mol. The van der Waals surface area contributed by atoms with E-state index in [1.807, 2.05) is 48.7 Å². The Morgan fingerprint density at radius 3 is 2.69 bits per heavy atom. The molecule has 0 spiro atoms. The van der Waals surface area contributed by atoms with Gasteiger partial charge in [-0.25, -0.2) is 4.98 Å². The van der Waals surface area contributed by atoms with Gasteiger partial charge in [-0.05, 0) is 48.1 Å². The summed E-state index contributed by atoms with van der Waals surface area (Å²) in [5.74, 6) is -0.101. The molecule has 1 heterocycles. The van der Waals surface area contributed by atoms with Gasteiger partial charge in [-0.2, -0.15) is 0 Å². The third kappa shape index (κ3) is 4.37. The second-order valence-corrected chi connectivity index (χ2v) is 6.25. The first-order valence-corrected chi connectivity index (χ1v) is 8.75. The molecule has 1 aromatic heterocycles. The summed E-state index contributed by atoms with van der Waals surface area (Å²) in [7, 11) is 1.62. The number of nitrogens with one attached hydrogen (secondary N) is 2. The largest absolute Gasteiger partial charge is 0.388 e. The summed E-state index contributed by atoms with van der Waals surface area (Å²) in [6.45, 7) is 0. The number of nitrogens with zero attached hydrogens (tertiary/aromatic N) is 1. The number of H-pyrrole nitrogens is 1. The van der Waals surface area contributed by atoms with Crippen LogP contribution in [0.1, 0.15) is 40.6 Å². The van der Waals surface area contributed by atoms with E-state index in [0.717, 1.165) is 35.2 Å². The van der Waals surface area contributed by atoms with Crippen LogP contribution in [0.15, 0.2) is 61.1 Å². The Balaban J connectivity index is 1.63. The zero-order valence-electron chi connectivity index (χ0n) is 14.8. The number of amides is 1. The van der Waals surface area contributed by atoms with Gasteiger partial charge < -0.3 is 15.4 Å². The molecule has 0 aliphatic rings. The Hall–Kier alpha value is -2.92. The number of aliphatic hydroxyl groups is 1. The number of aliphatic hydroxyl groups excluding tert-OH is 1. The Morgan fingerprint density at radius 2 is 2.00 bits per heavy atom. The smallest absolute Gasteiger partial charge is 0.251 e. The number of aryl methyl sites for hydroxylation is 1. The van der Waals surface area contributed by atoms with E-state index in [1.165, 1.54) is 0 Å². The van der Waals surface area contributed by atoms with Crippen LogP contribution in [0.3, 0.4) is 0 Å². The van der Waals surface area contributed by atoms with Crippen molar-refractivity contribution < 1.29 is 9.90 Å². The topological polar surface area (TPSA) is 78.0 Å². The number of imidazole rings is 1. The fraction of sp³-hybridized carbons (Fsp3) is 0.238. The van der Waals surface area contributed by atoms with Gasteiger partial charge in [-0.3, -0.25) is 4.79 Å². The lowest BCUT2D eigenvalue weighted by molar-refractivity contribution is 0.0963. The fourth-order valence-corrected chi connectivity index (χ4v) is 2.95. The molecule has 134 valence electrons. The molecule has 1 amide bonds. The third-order valence-electron chi connectivity index (χ3n) is 4.45. The first-order valence-electron chi connectivity index (χ1n) is 8.75. The molecule has 1 unspecified atom stereocenters. The summed E-state index contributed by atoms with van der Waals surface area (Å²) in [4.78, 5) is 18.9. The summed E-state index contributed by atoms with van der Waals surface area (Å²) in [6.07, 6.45) is 5.49. The van der Waals surface area contributed by atoms with Crippen LogP contribution >= 0.6 is 0 Å². The van der Waals surface area contributed by atoms with Crippen molar-refractivity contribution in [1.82, 2.24) is 15.3 Å². The van der Waals surface area contributed by atoms with Crippen molar-refractivity contribution >= 4 is 5.91 Å². The van der Waals surface area contributed by atoms with Gasteiger partial charge in [0.15, 0.2) is 0 Å². The van der Waals surface area contributed by atoms with Crippen LogP contribution in [-0.2, 0) is 6.42 Å². The number of hydrogen-bond donors (Lipinski definition) is 3. The predicted octanol–water partition coefficient (Wildman–Crippen LogP) is 3.49. The van der Waals surface area contributed by atoms with Gasteiger partial charge in [0.2, 0.25) is 0 Å². The van der Waals surface area contributed by atoms with E-state index < -0.39 is 6.10 Å². The Kier molecular flexibility index (Phi) is 5.81. The minimum Gasteiger partial charge on any atom is -0.388 e. The molecule has 0 saturated carbocycles. The van der Waals surface area contributed by atoms with Crippen molar-refractivity contribution in [2.75, 3.05) is 7.05 Å². The van der Waals surface area contributed by atoms with Gasteiger partial charge in [-0.15, -0.1) is 0 Å². The summed E-state index contributed by atoms with van der Waals surface area (Å²) in [6, 6.07) is 15.4. The molecule has 0 aliphatic carbocycles. The molecule has 0 bridgehead atoms. The van der Waals surface area contributed by atoms with Crippen molar-refractivity contribution in [3.05, 3.63) is 77.9 Å². The highest BCUT2D eigenvalue weighted by atomic mass is 16.3. The number of aromatic amines is 1. The van der Waals surface area contributed by atoms with E-state index in [4.69, 9.17) is 0 Å². The second-order valence-electron chi connectivity index (χ2n) is 6.25. The van der Waals surface area contributed by atoms with E-state index in [1.54, 1.807) is 19.4 Å². The molecule has 5 nitrogen and oxygen atoms in total. The monoisotopic (exact) mass is 349 g/mol. The number of rotatable bonds is 7. The van der Waals surface area contributed by atoms with Crippen LogP contribution in [0.2, 0.25) is 0 Å². The highest BCUT2D eigenvalue weighted by Gasteiger charge is 2.09. The molecule has 0 saturated heterocycles. The van der Waals surface area contributed by atoms with Crippen LogP contribution in [0.5, 0.6) is 0 Å². The maximum atomic E-state index is 11.8. The second kappa shape index (κ2) is 8.45. The maximum Gasteiger partial charge on any atom is 0.251 e. The molecule has 0 radical (unpaired) electrons. The van der Waals surface area contributed by atoms with Gasteiger partial charge in [0.1, 0.15) is 0 Å². The Labute approximate surface area is 153 Å². The average molecular weight is 349 g/mol. The fourth-order valence-electron chi connectivity index (χ4n) is 2.95. The molecule has 0 fully saturated rings. The lowest BCUT2D eigenvalue weighted by atomic mass is 9.98. The lowest BCUT2D eigenvalue weighted by Gasteiger charge is -2.12. The molecule has 26 heavy (non-hydrogen) atoms. The van der Waals surface area contributed by atoms with Gasteiger partial charge in [-0.1, -0.05) is 36.4 Å². The third-order valence-corrected chi connectivity index (χ3v) is 4.45. The number of hydrogen-bond acceptors (Lipinski definition) is 3. The van der Waals surface area contributed by atoms with Crippen molar-refractivity contribution in [3.63, 3.8) is 0 Å². The van der Waals surface area contributed by atoms with Crippen LogP contribution in [-0.4, -0.2) is 28.0 Å². The van der Waals surface area contributed by atoms with E-state index in [0.29, 0.717) is 12.0 Å². The first-order chi connectivity index (χ1) is 12.7. The number of benzene rings is 2. The number of carbonyl (C=O) groups excluding carboxylic acids is 1. The van der Waals surface area contributed by atoms with E-state index in [9.17, 15) is 9.90 Å². The average Bonchev–Trinajstić information content (AvgIpc) is 3.21. The van der Waals surface area contributed by atoms with Crippen LogP contribution in [0, 0.1) is 0 Å². The maximum absolute atomic E-state index is 11.8. The van der Waals surface area contributed by atoms with E-state index >= 15 is 0 Å². The molecule has 2 aromatic carbocycles. The van der Waals surface area contributed by atoms with Crippen LogP contribution in [0.25, 0.3) is 11.1 Å². The van der Waals surface area contributed by atoms with Gasteiger partial charge >= 0.3 is 0 Å². The van der Waals surface area contributed by atoms with Crippen molar-refractivity contribution in [1.29, 1.82) is 0 Å². The zero-order chi connectivity index (χ0) is 18.4. The zero-order valence-corrected chi connectivity index (χ0v) is 14.8. The molecule has 3 rings (SSSR count). The molecule has 5 heteroatoms. The van der Waals surface area contributed by atoms with Crippen LogP contribution < -0.4 is 5.32 Å². The van der Waals surface area contributed by atoms with Crippen molar-refractivity contribution in [2.24, 2.45) is 0 Å². The van der Waals surface area contributed by atoms with Crippen molar-refractivity contribution in [3.8, 4) is 11.1 Å². The predicted molar refractivity (Wildman–Crippen MR) is 102 cm³/mol. The van der Waals surface area contributed by atoms with Crippen molar-refractivity contribution in [2.45, 2.75) is 25.4 Å². The summed E-state index contributed by atoms with van der Waals surface area (Å²) in [5, 5.41) is 13.0. The van der Waals surface area contributed by atoms with Gasteiger partial charge in [0, 0.05) is 18.8 Å².